The summed E-state index contributed by atoms with van der Waals surface area (Å²) in [6.45, 7) is 0. The Morgan fingerprint density at radius 3 is 1.79 bits per heavy atom. The third-order valence-electron chi connectivity index (χ3n) is 3.96. The van der Waals surface area contributed by atoms with E-state index >= 15 is 0 Å². The lowest BCUT2D eigenvalue weighted by Gasteiger charge is -2.10. The van der Waals surface area contributed by atoms with Crippen LogP contribution < -0.4 is 27.4 Å². The van der Waals surface area contributed by atoms with Crippen molar-refractivity contribution in [2.45, 2.75) is 0 Å². The van der Waals surface area contributed by atoms with Crippen LogP contribution in [-0.2, 0) is 4.79 Å². The molecule has 0 fully saturated rings. The summed E-state index contributed by atoms with van der Waals surface area (Å²) in [6.07, 6.45) is 2.65. The average molecular weight is 591 g/mol. The first-order valence-corrected chi connectivity index (χ1v) is 11.2. The summed E-state index contributed by atoms with van der Waals surface area (Å²) >= 11 is 6.58. The van der Waals surface area contributed by atoms with Gasteiger partial charge in [-0.15, -0.1) is 0 Å². The first kappa shape index (κ1) is 26.4. The van der Waals surface area contributed by atoms with Gasteiger partial charge in [0.15, 0.2) is 0 Å². The van der Waals surface area contributed by atoms with Crippen molar-refractivity contribution in [1.82, 2.24) is 0 Å². The second-order valence-corrected chi connectivity index (χ2v) is 8.25. The van der Waals surface area contributed by atoms with Crippen molar-refractivity contribution in [3.05, 3.63) is 87.3 Å². The molecule has 0 aliphatic carbocycles. The second-order valence-electron chi connectivity index (χ2n) is 6.54. The van der Waals surface area contributed by atoms with Crippen molar-refractivity contribution in [3.63, 3.8) is 0 Å². The van der Waals surface area contributed by atoms with Crippen LogP contribution in [0.3, 0.4) is 0 Å². The molecule has 0 saturated heterocycles. The van der Waals surface area contributed by atoms with Crippen LogP contribution in [0.5, 0.6) is 5.75 Å². The molecule has 0 aliphatic heterocycles. The lowest BCUT2D eigenvalue weighted by molar-refractivity contribution is -0.113. The number of phenols is 1. The highest BCUT2D eigenvalue weighted by Gasteiger charge is 2.08. The highest BCUT2D eigenvalue weighted by molar-refractivity contribution is 9.11. The number of aromatic hydroxyl groups is 1. The van der Waals surface area contributed by atoms with Gasteiger partial charge in [-0.25, -0.2) is 9.59 Å². The number of hydrogen-bond donors (Lipinski definition) is 6. The number of nitrogens with one attached hydrogen (secondary N) is 3. The van der Waals surface area contributed by atoms with E-state index in [2.05, 4.69) is 47.8 Å². The van der Waals surface area contributed by atoms with Crippen LogP contribution in [0, 0.1) is 0 Å². The standard InChI is InChI=1S/C16H14BrN3O3.C7H7BrN2O/c17-11-3-1-2-4-12(11)19-16(23)20-13-7-5-10(9-14(13)21)6-8-15(18)22;8-5-3-1-2-4-6(5)10-7(9)11/h1-9,21H,(H2,18,22)(H2,19,20,23);1-4H,(H3,9,10,11)/b8-6+;. The number of para-hydroxylation sites is 2. The minimum Gasteiger partial charge on any atom is -0.506 e. The van der Waals surface area contributed by atoms with Crippen molar-refractivity contribution in [2.24, 2.45) is 11.5 Å². The van der Waals surface area contributed by atoms with E-state index in [-0.39, 0.29) is 11.4 Å². The van der Waals surface area contributed by atoms with E-state index < -0.39 is 18.0 Å². The van der Waals surface area contributed by atoms with Crippen LogP contribution in [0.2, 0.25) is 0 Å². The number of benzene rings is 3. The lowest BCUT2D eigenvalue weighted by Crippen LogP contribution is -2.19. The molecule has 0 aliphatic rings. The average Bonchev–Trinajstić information content (AvgIpc) is 2.77. The van der Waals surface area contributed by atoms with Crippen molar-refractivity contribution in [2.75, 3.05) is 16.0 Å². The molecule has 8 N–H and O–H groups in total. The smallest absolute Gasteiger partial charge is 0.323 e. The molecule has 0 heterocycles. The molecule has 0 spiro atoms. The summed E-state index contributed by atoms with van der Waals surface area (Å²) in [6, 6.07) is 17.9. The Balaban J connectivity index is 0.000000310. The normalized spacial score (nSPS) is 10.1. The predicted molar refractivity (Wildman–Crippen MR) is 140 cm³/mol. The third-order valence-corrected chi connectivity index (χ3v) is 5.35. The first-order chi connectivity index (χ1) is 16.2. The largest absolute Gasteiger partial charge is 0.506 e. The molecule has 0 unspecified atom stereocenters. The zero-order valence-corrected chi connectivity index (χ0v) is 20.8. The van der Waals surface area contributed by atoms with Gasteiger partial charge < -0.3 is 32.5 Å². The van der Waals surface area contributed by atoms with E-state index in [1.165, 1.54) is 24.3 Å². The van der Waals surface area contributed by atoms with Crippen LogP contribution in [0.15, 0.2) is 81.8 Å². The van der Waals surface area contributed by atoms with E-state index in [1.54, 1.807) is 30.3 Å². The molecule has 0 radical (unpaired) electrons. The number of nitrogens with two attached hydrogens (primary N) is 2. The number of carbonyl (C=O) groups is 3. The molecule has 3 rings (SSSR count). The molecule has 0 atom stereocenters. The maximum atomic E-state index is 12.0. The monoisotopic (exact) mass is 589 g/mol. The number of amides is 5. The van der Waals surface area contributed by atoms with Gasteiger partial charge in [0.1, 0.15) is 5.75 Å². The quantitative estimate of drug-likeness (QED) is 0.177. The highest BCUT2D eigenvalue weighted by Crippen LogP contribution is 2.26. The SMILES string of the molecule is NC(=O)/C=C/c1ccc(NC(=O)Nc2ccccc2Br)c(O)c1.NC(=O)Nc1ccccc1Br. The molecule has 3 aromatic carbocycles. The Kier molecular flexibility index (Phi) is 10.1. The fraction of sp³-hybridized carbons (Fsp3) is 0. The molecule has 5 amide bonds. The fourth-order valence-electron chi connectivity index (χ4n) is 2.47. The van der Waals surface area contributed by atoms with Crippen LogP contribution in [0.1, 0.15) is 5.56 Å². The molecule has 176 valence electrons. The van der Waals surface area contributed by atoms with Crippen molar-refractivity contribution < 1.29 is 19.5 Å². The van der Waals surface area contributed by atoms with E-state index in [0.717, 1.165) is 8.95 Å². The summed E-state index contributed by atoms with van der Waals surface area (Å²) in [5.41, 5.74) is 12.0. The summed E-state index contributed by atoms with van der Waals surface area (Å²) in [7, 11) is 0. The van der Waals surface area contributed by atoms with Gasteiger partial charge in [-0.1, -0.05) is 30.3 Å². The molecule has 0 aromatic heterocycles. The molecule has 34 heavy (non-hydrogen) atoms. The van der Waals surface area contributed by atoms with Crippen LogP contribution in [0.25, 0.3) is 6.08 Å². The zero-order chi connectivity index (χ0) is 25.1. The fourth-order valence-corrected chi connectivity index (χ4v) is 3.24. The van der Waals surface area contributed by atoms with Gasteiger partial charge >= 0.3 is 12.1 Å². The Bertz CT molecular complexity index is 1220. The number of phenolic OH excluding ortho intramolecular Hbond substituents is 1. The Labute approximate surface area is 212 Å². The zero-order valence-electron chi connectivity index (χ0n) is 17.6. The molecule has 0 bridgehead atoms. The third kappa shape index (κ3) is 8.96. The van der Waals surface area contributed by atoms with Crippen LogP contribution in [0.4, 0.5) is 26.7 Å². The van der Waals surface area contributed by atoms with Gasteiger partial charge in [0.2, 0.25) is 5.91 Å². The molecular formula is C23H21Br2N5O4. The molecule has 9 nitrogen and oxygen atoms in total. The Hall–Kier alpha value is -3.83. The Morgan fingerprint density at radius 1 is 0.765 bits per heavy atom. The van der Waals surface area contributed by atoms with E-state index in [1.807, 2.05) is 24.3 Å². The highest BCUT2D eigenvalue weighted by atomic mass is 79.9. The summed E-state index contributed by atoms with van der Waals surface area (Å²) < 4.78 is 1.56. The minimum absolute atomic E-state index is 0.126. The predicted octanol–water partition coefficient (Wildman–Crippen LogP) is 5.24. The number of rotatable bonds is 5. The van der Waals surface area contributed by atoms with Crippen molar-refractivity contribution in [3.8, 4) is 5.75 Å². The van der Waals surface area contributed by atoms with Crippen molar-refractivity contribution >= 4 is 73.0 Å². The molecule has 0 saturated carbocycles. The summed E-state index contributed by atoms with van der Waals surface area (Å²) in [4.78, 5) is 33.0. The molecule has 3 aromatic rings. The number of carbonyl (C=O) groups excluding carboxylic acids is 3. The van der Waals surface area contributed by atoms with Gasteiger partial charge in [0, 0.05) is 15.0 Å². The maximum Gasteiger partial charge on any atom is 0.323 e. The van der Waals surface area contributed by atoms with Crippen LogP contribution in [-0.4, -0.2) is 23.1 Å². The van der Waals surface area contributed by atoms with E-state index in [4.69, 9.17) is 11.5 Å². The number of urea groups is 2. The van der Waals surface area contributed by atoms with Crippen LogP contribution >= 0.6 is 31.9 Å². The lowest BCUT2D eigenvalue weighted by atomic mass is 10.1. The van der Waals surface area contributed by atoms with E-state index in [9.17, 15) is 19.5 Å². The minimum atomic E-state index is -0.584. The van der Waals surface area contributed by atoms with Gasteiger partial charge in [0.25, 0.3) is 0 Å². The molecular weight excluding hydrogens is 570 g/mol. The summed E-state index contributed by atoms with van der Waals surface area (Å²) in [5.74, 6) is -0.710. The van der Waals surface area contributed by atoms with Gasteiger partial charge in [-0.05, 0) is 79.9 Å². The van der Waals surface area contributed by atoms with Gasteiger partial charge in [0.05, 0.1) is 17.1 Å². The topological polar surface area (TPSA) is 160 Å². The molecule has 11 heteroatoms. The van der Waals surface area contributed by atoms with Crippen molar-refractivity contribution in [1.29, 1.82) is 0 Å². The number of anilines is 3. The van der Waals surface area contributed by atoms with Gasteiger partial charge in [-0.2, -0.15) is 0 Å². The number of hydrogen-bond acceptors (Lipinski definition) is 4. The number of halogens is 2. The summed E-state index contributed by atoms with van der Waals surface area (Å²) in [5, 5.41) is 17.6. The van der Waals surface area contributed by atoms with E-state index in [0.29, 0.717) is 16.9 Å². The Morgan fingerprint density at radius 2 is 1.29 bits per heavy atom. The second kappa shape index (κ2) is 13.0. The number of primary amides is 2. The maximum absolute atomic E-state index is 12.0. The first-order valence-electron chi connectivity index (χ1n) is 9.59. The van der Waals surface area contributed by atoms with Gasteiger partial charge in [-0.3, -0.25) is 4.79 Å².